The lowest BCUT2D eigenvalue weighted by Gasteiger charge is -2.22. The highest BCUT2D eigenvalue weighted by atomic mass is 35.5. The average molecular weight is 493 g/mol. The summed E-state index contributed by atoms with van der Waals surface area (Å²) in [4.78, 5) is 38.0. The predicted octanol–water partition coefficient (Wildman–Crippen LogP) is 5.51. The van der Waals surface area contributed by atoms with Crippen molar-refractivity contribution in [1.82, 2.24) is 14.9 Å². The summed E-state index contributed by atoms with van der Waals surface area (Å²) >= 11 is 12.7. The lowest BCUT2D eigenvalue weighted by Crippen LogP contribution is -2.30. The first-order valence-corrected chi connectivity index (χ1v) is 11.1. The highest BCUT2D eigenvalue weighted by Gasteiger charge is 2.35. The number of nitrogens with zero attached hydrogens (tertiary/aromatic N) is 4. The quantitative estimate of drug-likeness (QED) is 0.342. The lowest BCUT2D eigenvalue weighted by molar-refractivity contribution is 0.0638. The number of carbonyl (C=O) groups excluding carboxylic acids is 2. The van der Waals surface area contributed by atoms with Gasteiger partial charge in [0.25, 0.3) is 11.8 Å². The van der Waals surface area contributed by atoms with Gasteiger partial charge in [0.2, 0.25) is 0 Å². The standard InChI is InChI=1S/C25H18Cl2N4O3/c1-30(14-11-18(26)22(34-2)19(27)12-14)23-17-9-5-6-10-20(17)28-21(29-23)13-31-24(32)15-7-3-4-8-16(15)25(31)33/h3-12H,13H2,1-2H3. The van der Waals surface area contributed by atoms with E-state index in [1.165, 1.54) is 12.0 Å². The molecule has 0 bridgehead atoms. The topological polar surface area (TPSA) is 75.6 Å². The van der Waals surface area contributed by atoms with Crippen molar-refractivity contribution in [2.75, 3.05) is 19.1 Å². The van der Waals surface area contributed by atoms with E-state index in [1.807, 2.05) is 36.2 Å². The summed E-state index contributed by atoms with van der Waals surface area (Å²) < 4.78 is 5.25. The fourth-order valence-corrected chi connectivity index (χ4v) is 4.64. The van der Waals surface area contributed by atoms with Gasteiger partial charge in [0, 0.05) is 18.1 Å². The molecule has 1 aliphatic rings. The first kappa shape index (κ1) is 22.1. The van der Waals surface area contributed by atoms with E-state index < -0.39 is 0 Å². The van der Waals surface area contributed by atoms with Crippen LogP contribution in [0, 0.1) is 0 Å². The Morgan fingerprint density at radius 1 is 0.912 bits per heavy atom. The molecule has 5 rings (SSSR count). The van der Waals surface area contributed by atoms with Crippen molar-refractivity contribution in [2.45, 2.75) is 6.54 Å². The second-order valence-corrected chi connectivity index (χ2v) is 8.54. The molecule has 1 aromatic heterocycles. The lowest BCUT2D eigenvalue weighted by atomic mass is 10.1. The number of carbonyl (C=O) groups is 2. The number of benzene rings is 3. The monoisotopic (exact) mass is 492 g/mol. The third-order valence-corrected chi connectivity index (χ3v) is 6.26. The fraction of sp³-hybridized carbons (Fsp3) is 0.120. The van der Waals surface area contributed by atoms with E-state index in [-0.39, 0.29) is 18.4 Å². The van der Waals surface area contributed by atoms with Crippen molar-refractivity contribution in [3.63, 3.8) is 0 Å². The van der Waals surface area contributed by atoms with Crippen LogP contribution in [0.2, 0.25) is 10.0 Å². The molecule has 9 heteroatoms. The Kier molecular flexibility index (Phi) is 5.59. The second-order valence-electron chi connectivity index (χ2n) is 7.72. The van der Waals surface area contributed by atoms with Crippen LogP contribution in [0.15, 0.2) is 60.7 Å². The molecule has 0 radical (unpaired) electrons. The van der Waals surface area contributed by atoms with Gasteiger partial charge < -0.3 is 9.64 Å². The van der Waals surface area contributed by atoms with Gasteiger partial charge >= 0.3 is 0 Å². The van der Waals surface area contributed by atoms with Crippen molar-refractivity contribution >= 4 is 57.4 Å². The summed E-state index contributed by atoms with van der Waals surface area (Å²) in [6.07, 6.45) is 0. The Labute approximate surface area is 205 Å². The Hall–Kier alpha value is -3.68. The smallest absolute Gasteiger partial charge is 0.261 e. The second kappa shape index (κ2) is 8.59. The van der Waals surface area contributed by atoms with Crippen molar-refractivity contribution < 1.29 is 14.3 Å². The summed E-state index contributed by atoms with van der Waals surface area (Å²) in [5.74, 6) is 0.580. The number of imide groups is 1. The van der Waals surface area contributed by atoms with Gasteiger partial charge in [-0.15, -0.1) is 0 Å². The first-order chi connectivity index (χ1) is 16.4. The number of methoxy groups -OCH3 is 1. The van der Waals surface area contributed by atoms with E-state index in [4.69, 9.17) is 32.9 Å². The predicted molar refractivity (Wildman–Crippen MR) is 131 cm³/mol. The first-order valence-electron chi connectivity index (χ1n) is 10.4. The largest absolute Gasteiger partial charge is 0.494 e. The van der Waals surface area contributed by atoms with Gasteiger partial charge in [0.05, 0.1) is 40.3 Å². The molecule has 0 N–H and O–H groups in total. The molecule has 1 aliphatic heterocycles. The molecule has 7 nitrogen and oxygen atoms in total. The molecule has 4 aromatic rings. The van der Waals surface area contributed by atoms with Crippen LogP contribution in [0.3, 0.4) is 0 Å². The number of hydrogen-bond donors (Lipinski definition) is 0. The third-order valence-electron chi connectivity index (χ3n) is 5.70. The summed E-state index contributed by atoms with van der Waals surface area (Å²) in [5, 5.41) is 1.52. The number of hydrogen-bond acceptors (Lipinski definition) is 6. The fourth-order valence-electron chi connectivity index (χ4n) is 4.01. The van der Waals surface area contributed by atoms with Crippen LogP contribution in [-0.4, -0.2) is 40.8 Å². The van der Waals surface area contributed by atoms with Crippen molar-refractivity contribution in [3.8, 4) is 5.75 Å². The maximum absolute atomic E-state index is 12.8. The molecule has 0 fully saturated rings. The number of halogens is 2. The number of rotatable bonds is 5. The van der Waals surface area contributed by atoms with Crippen LogP contribution in [0.25, 0.3) is 10.9 Å². The number of anilines is 2. The van der Waals surface area contributed by atoms with Crippen molar-refractivity contribution in [2.24, 2.45) is 0 Å². The SMILES string of the molecule is COc1c(Cl)cc(N(C)c2nc(CN3C(=O)c4ccccc4C3=O)nc3ccccc23)cc1Cl. The van der Waals surface area contributed by atoms with Crippen LogP contribution in [0.1, 0.15) is 26.5 Å². The minimum absolute atomic E-state index is 0.0534. The summed E-state index contributed by atoms with van der Waals surface area (Å²) in [5.41, 5.74) is 2.13. The Bertz CT molecular complexity index is 1420. The third kappa shape index (κ3) is 3.63. The number of para-hydroxylation sites is 1. The molecule has 2 amide bonds. The summed E-state index contributed by atoms with van der Waals surface area (Å²) in [6, 6.07) is 17.7. The van der Waals surface area contributed by atoms with Gasteiger partial charge in [-0.3, -0.25) is 14.5 Å². The van der Waals surface area contributed by atoms with E-state index in [0.29, 0.717) is 49.8 Å². The minimum Gasteiger partial charge on any atom is -0.494 e. The summed E-state index contributed by atoms with van der Waals surface area (Å²) in [7, 11) is 3.33. The van der Waals surface area contributed by atoms with Gasteiger partial charge in [0.1, 0.15) is 5.82 Å². The number of ether oxygens (including phenoxy) is 1. The molecular weight excluding hydrogens is 475 g/mol. The van der Waals surface area contributed by atoms with Gasteiger partial charge in [-0.25, -0.2) is 9.97 Å². The Morgan fingerprint density at radius 2 is 1.50 bits per heavy atom. The molecule has 0 saturated heterocycles. The highest BCUT2D eigenvalue weighted by Crippen LogP contribution is 2.39. The molecule has 0 saturated carbocycles. The molecule has 0 aliphatic carbocycles. The minimum atomic E-state index is -0.360. The van der Waals surface area contributed by atoms with Gasteiger partial charge in [-0.1, -0.05) is 47.5 Å². The van der Waals surface area contributed by atoms with Gasteiger partial charge in [-0.2, -0.15) is 0 Å². The van der Waals surface area contributed by atoms with E-state index in [0.717, 1.165) is 5.39 Å². The molecule has 2 heterocycles. The van der Waals surface area contributed by atoms with Gasteiger partial charge in [0.15, 0.2) is 11.6 Å². The van der Waals surface area contributed by atoms with E-state index >= 15 is 0 Å². The van der Waals surface area contributed by atoms with Crippen LogP contribution in [-0.2, 0) is 6.54 Å². The van der Waals surface area contributed by atoms with E-state index in [2.05, 4.69) is 4.98 Å². The number of amides is 2. The average Bonchev–Trinajstić information content (AvgIpc) is 3.08. The Morgan fingerprint density at radius 3 is 2.12 bits per heavy atom. The molecule has 0 spiro atoms. The molecule has 170 valence electrons. The highest BCUT2D eigenvalue weighted by molar-refractivity contribution is 6.37. The number of fused-ring (bicyclic) bond motifs is 2. The Balaban J connectivity index is 1.57. The van der Waals surface area contributed by atoms with Crippen LogP contribution < -0.4 is 9.64 Å². The van der Waals surface area contributed by atoms with Crippen LogP contribution >= 0.6 is 23.2 Å². The van der Waals surface area contributed by atoms with E-state index in [9.17, 15) is 9.59 Å². The zero-order valence-electron chi connectivity index (χ0n) is 18.3. The maximum atomic E-state index is 12.8. The van der Waals surface area contributed by atoms with E-state index in [1.54, 1.807) is 36.4 Å². The normalized spacial score (nSPS) is 12.9. The summed E-state index contributed by atoms with van der Waals surface area (Å²) in [6.45, 7) is -0.0534. The van der Waals surface area contributed by atoms with Crippen LogP contribution in [0.5, 0.6) is 5.75 Å². The van der Waals surface area contributed by atoms with Crippen molar-refractivity contribution in [1.29, 1.82) is 0 Å². The molecule has 34 heavy (non-hydrogen) atoms. The number of aromatic nitrogens is 2. The molecular formula is C25H18Cl2N4O3. The molecule has 0 unspecified atom stereocenters. The molecule has 3 aromatic carbocycles. The zero-order valence-corrected chi connectivity index (χ0v) is 19.8. The van der Waals surface area contributed by atoms with Crippen LogP contribution in [0.4, 0.5) is 11.5 Å². The maximum Gasteiger partial charge on any atom is 0.261 e. The van der Waals surface area contributed by atoms with Crippen molar-refractivity contribution in [3.05, 3.63) is 87.7 Å². The van der Waals surface area contributed by atoms with Gasteiger partial charge in [-0.05, 0) is 36.4 Å². The zero-order chi connectivity index (χ0) is 24.0. The molecule has 0 atom stereocenters.